The number of nitrogens with zero attached hydrogens (tertiary/aromatic N) is 2. The summed E-state index contributed by atoms with van der Waals surface area (Å²) in [6.07, 6.45) is -4.82. The Morgan fingerprint density at radius 1 is 1.08 bits per heavy atom. The largest absolute Gasteiger partial charge is 0.497 e. The summed E-state index contributed by atoms with van der Waals surface area (Å²) >= 11 is 0.751. The Kier molecular flexibility index (Phi) is 7.26. The van der Waals surface area contributed by atoms with E-state index in [1.165, 1.54) is 32.4 Å². The molecule has 0 spiro atoms. The van der Waals surface area contributed by atoms with Gasteiger partial charge in [0.25, 0.3) is 0 Å². The van der Waals surface area contributed by atoms with Gasteiger partial charge in [0.15, 0.2) is 17.3 Å². The number of carbonyl (C=O) groups is 1. The Bertz CT molecular complexity index is 1350. The number of aromatic nitrogens is 1. The van der Waals surface area contributed by atoms with E-state index in [1.54, 1.807) is 24.3 Å². The van der Waals surface area contributed by atoms with Crippen molar-refractivity contribution in [3.8, 4) is 40.3 Å². The highest BCUT2D eigenvalue weighted by Gasteiger charge is 2.36. The van der Waals surface area contributed by atoms with Gasteiger partial charge in [-0.25, -0.2) is 4.98 Å². The molecule has 0 N–H and O–H groups in total. The van der Waals surface area contributed by atoms with E-state index in [0.717, 1.165) is 17.8 Å². The fourth-order valence-electron chi connectivity index (χ4n) is 3.54. The Morgan fingerprint density at radius 2 is 1.83 bits per heavy atom. The number of carbonyl (C=O) groups excluding carboxylic acids is 1. The van der Waals surface area contributed by atoms with Crippen LogP contribution < -0.4 is 18.9 Å². The molecule has 0 atom stereocenters. The summed E-state index contributed by atoms with van der Waals surface area (Å²) in [5.41, 5.74) is -1.29. The highest BCUT2D eigenvalue weighted by atomic mass is 32.2. The third-order valence-corrected chi connectivity index (χ3v) is 6.27. The fraction of sp³-hybridized carbons (Fsp3) is 0.240. The second-order valence-corrected chi connectivity index (χ2v) is 8.45. The lowest BCUT2D eigenvalue weighted by atomic mass is 10.0. The number of halogens is 3. The molecule has 4 rings (SSSR count). The topological polar surface area (TPSA) is 90.7 Å². The Balaban J connectivity index is 1.71. The van der Waals surface area contributed by atoms with Gasteiger partial charge in [0.2, 0.25) is 0 Å². The zero-order chi connectivity index (χ0) is 25.9. The molecule has 0 radical (unpaired) electrons. The van der Waals surface area contributed by atoms with Crippen molar-refractivity contribution in [2.45, 2.75) is 11.2 Å². The SMILES string of the molecule is COc1ccc(-c2cc(C(F)(F)F)c(C#N)c(SCC(=O)c3ccc4c(c3)OCCO4)n2)c(OC)c1. The summed E-state index contributed by atoms with van der Waals surface area (Å²) < 4.78 is 63.1. The third-order valence-electron chi connectivity index (χ3n) is 5.29. The van der Waals surface area contributed by atoms with Crippen molar-refractivity contribution in [2.24, 2.45) is 0 Å². The number of pyridine rings is 1. The molecule has 7 nitrogen and oxygen atoms in total. The molecule has 0 unspecified atom stereocenters. The van der Waals surface area contributed by atoms with Crippen LogP contribution in [0.2, 0.25) is 0 Å². The molecule has 2 aromatic carbocycles. The predicted octanol–water partition coefficient (Wildman–Crippen LogP) is 5.40. The van der Waals surface area contributed by atoms with Gasteiger partial charge in [-0.2, -0.15) is 18.4 Å². The minimum atomic E-state index is -4.82. The summed E-state index contributed by atoms with van der Waals surface area (Å²) in [5.74, 6) is 0.990. The zero-order valence-electron chi connectivity index (χ0n) is 19.1. The molecule has 0 aliphatic carbocycles. The van der Waals surface area contributed by atoms with Crippen LogP contribution in [0.5, 0.6) is 23.0 Å². The number of nitriles is 1. The molecule has 1 aromatic heterocycles. The molecular formula is C25H19F3N2O5S. The number of alkyl halides is 3. The number of rotatable bonds is 7. The maximum atomic E-state index is 13.9. The van der Waals surface area contributed by atoms with Crippen LogP contribution in [0, 0.1) is 11.3 Å². The number of hydrogen-bond donors (Lipinski definition) is 0. The van der Waals surface area contributed by atoms with Crippen LogP contribution in [0.25, 0.3) is 11.3 Å². The van der Waals surface area contributed by atoms with E-state index in [9.17, 15) is 23.2 Å². The Morgan fingerprint density at radius 3 is 2.50 bits per heavy atom. The van der Waals surface area contributed by atoms with Gasteiger partial charge in [0, 0.05) is 17.2 Å². The van der Waals surface area contributed by atoms with Gasteiger partial charge < -0.3 is 18.9 Å². The minimum absolute atomic E-state index is 0.0601. The first-order valence-corrected chi connectivity index (χ1v) is 11.5. The molecule has 1 aliphatic rings. The molecular weight excluding hydrogens is 497 g/mol. The second kappa shape index (κ2) is 10.4. The van der Waals surface area contributed by atoms with Crippen molar-refractivity contribution in [2.75, 3.05) is 33.2 Å². The lowest BCUT2D eigenvalue weighted by Crippen LogP contribution is -2.16. The number of Topliss-reactive ketones (excluding diaryl/α,β-unsaturated/α-hetero) is 1. The summed E-state index contributed by atoms with van der Waals surface area (Å²) in [4.78, 5) is 17.1. The van der Waals surface area contributed by atoms with Gasteiger partial charge in [0.05, 0.1) is 36.8 Å². The molecule has 0 bridgehead atoms. The molecule has 0 amide bonds. The Hall–Kier alpha value is -3.91. The summed E-state index contributed by atoms with van der Waals surface area (Å²) in [7, 11) is 2.82. The maximum absolute atomic E-state index is 13.9. The van der Waals surface area contributed by atoms with E-state index < -0.39 is 17.3 Å². The van der Waals surface area contributed by atoms with Crippen LogP contribution in [0.15, 0.2) is 47.5 Å². The van der Waals surface area contributed by atoms with E-state index in [1.807, 2.05) is 0 Å². The van der Waals surface area contributed by atoms with Gasteiger partial charge in [-0.1, -0.05) is 11.8 Å². The van der Waals surface area contributed by atoms with E-state index in [2.05, 4.69) is 4.98 Å². The highest BCUT2D eigenvalue weighted by molar-refractivity contribution is 8.00. The van der Waals surface area contributed by atoms with Gasteiger partial charge in [-0.15, -0.1) is 0 Å². The summed E-state index contributed by atoms with van der Waals surface area (Å²) in [6.45, 7) is 0.742. The van der Waals surface area contributed by atoms with Crippen LogP contribution in [0.4, 0.5) is 13.2 Å². The summed E-state index contributed by atoms with van der Waals surface area (Å²) in [6, 6.07) is 11.7. The molecule has 186 valence electrons. The minimum Gasteiger partial charge on any atom is -0.497 e. The van der Waals surface area contributed by atoms with Crippen LogP contribution in [0.1, 0.15) is 21.5 Å². The number of ketones is 1. The molecule has 0 saturated heterocycles. The number of methoxy groups -OCH3 is 2. The van der Waals surface area contributed by atoms with Crippen LogP contribution >= 0.6 is 11.8 Å². The molecule has 0 saturated carbocycles. The van der Waals surface area contributed by atoms with E-state index in [4.69, 9.17) is 18.9 Å². The number of fused-ring (bicyclic) bond motifs is 1. The zero-order valence-corrected chi connectivity index (χ0v) is 20.0. The second-order valence-electron chi connectivity index (χ2n) is 7.48. The maximum Gasteiger partial charge on any atom is 0.417 e. The molecule has 11 heteroatoms. The fourth-order valence-corrected chi connectivity index (χ4v) is 4.44. The van der Waals surface area contributed by atoms with Crippen molar-refractivity contribution in [3.05, 3.63) is 59.2 Å². The van der Waals surface area contributed by atoms with Crippen LogP contribution in [-0.4, -0.2) is 44.0 Å². The van der Waals surface area contributed by atoms with Gasteiger partial charge in [-0.05, 0) is 36.4 Å². The van der Waals surface area contributed by atoms with Crippen molar-refractivity contribution >= 4 is 17.5 Å². The molecule has 0 fully saturated rings. The van der Waals surface area contributed by atoms with Gasteiger partial charge in [0.1, 0.15) is 35.8 Å². The van der Waals surface area contributed by atoms with Crippen LogP contribution in [-0.2, 0) is 6.18 Å². The molecule has 2 heterocycles. The number of thioether (sulfide) groups is 1. The van der Waals surface area contributed by atoms with Crippen molar-refractivity contribution in [1.82, 2.24) is 4.98 Å². The van der Waals surface area contributed by atoms with E-state index >= 15 is 0 Å². The number of benzene rings is 2. The average molecular weight is 516 g/mol. The van der Waals surface area contributed by atoms with E-state index in [-0.39, 0.29) is 33.6 Å². The van der Waals surface area contributed by atoms with Crippen molar-refractivity contribution in [3.63, 3.8) is 0 Å². The average Bonchev–Trinajstić information content (AvgIpc) is 2.89. The highest BCUT2D eigenvalue weighted by Crippen LogP contribution is 2.40. The normalized spacial score (nSPS) is 12.6. The molecule has 1 aliphatic heterocycles. The van der Waals surface area contributed by atoms with E-state index in [0.29, 0.717) is 36.0 Å². The first-order valence-electron chi connectivity index (χ1n) is 10.6. The number of ether oxygens (including phenoxy) is 4. The monoisotopic (exact) mass is 516 g/mol. The van der Waals surface area contributed by atoms with Crippen molar-refractivity contribution < 1.29 is 36.9 Å². The van der Waals surface area contributed by atoms with Crippen LogP contribution in [0.3, 0.4) is 0 Å². The number of hydrogen-bond acceptors (Lipinski definition) is 8. The molecule has 36 heavy (non-hydrogen) atoms. The lowest BCUT2D eigenvalue weighted by Gasteiger charge is -2.18. The van der Waals surface area contributed by atoms with Crippen molar-refractivity contribution in [1.29, 1.82) is 5.26 Å². The first kappa shape index (κ1) is 25.2. The smallest absolute Gasteiger partial charge is 0.417 e. The molecule has 3 aromatic rings. The standard InChI is InChI=1S/C25H19F3N2O5S/c1-32-15-4-5-16(22(10-15)33-2)19-11-18(25(26,27)28)17(12-29)24(30-19)36-13-20(31)14-3-6-21-23(9-14)35-8-7-34-21/h3-6,9-11H,7-8,13H2,1-2H3. The van der Waals surface area contributed by atoms with Gasteiger partial charge >= 0.3 is 6.18 Å². The quantitative estimate of drug-likeness (QED) is 0.305. The summed E-state index contributed by atoms with van der Waals surface area (Å²) in [5, 5.41) is 9.33. The van der Waals surface area contributed by atoms with Gasteiger partial charge in [-0.3, -0.25) is 4.79 Å². The third kappa shape index (κ3) is 5.18. The first-order chi connectivity index (χ1) is 17.2. The lowest BCUT2D eigenvalue weighted by molar-refractivity contribution is -0.138. The predicted molar refractivity (Wildman–Crippen MR) is 125 cm³/mol. The Labute approximate surface area is 208 Å².